The molecule has 5 heteroatoms. The molecule has 0 saturated carbocycles. The van der Waals surface area contributed by atoms with Crippen LogP contribution in [0.15, 0.2) is 48.0 Å². The van der Waals surface area contributed by atoms with Crippen molar-refractivity contribution >= 4 is 28.1 Å². The van der Waals surface area contributed by atoms with Crippen molar-refractivity contribution in [3.63, 3.8) is 0 Å². The molecule has 25 heavy (non-hydrogen) atoms. The molecule has 3 aromatic rings. The number of carbonyl (C=O) groups is 1. The molecule has 1 saturated heterocycles. The molecule has 2 aromatic heterocycles. The van der Waals surface area contributed by atoms with E-state index in [4.69, 9.17) is 4.74 Å². The summed E-state index contributed by atoms with van der Waals surface area (Å²) in [5, 5.41) is 3.12. The zero-order chi connectivity index (χ0) is 17.2. The van der Waals surface area contributed by atoms with Gasteiger partial charge in [-0.2, -0.15) is 0 Å². The molecule has 0 aliphatic carbocycles. The maximum Gasteiger partial charge on any atom is 0.256 e. The third-order valence-corrected chi connectivity index (χ3v) is 5.91. The first-order valence-corrected chi connectivity index (χ1v) is 9.58. The largest absolute Gasteiger partial charge is 0.383 e. The monoisotopic (exact) mass is 354 g/mol. The van der Waals surface area contributed by atoms with Crippen molar-refractivity contribution < 1.29 is 9.53 Å². The third kappa shape index (κ3) is 2.98. The number of aromatic nitrogens is 1. The SMILES string of the molecule is COCCn1cc(C(=O)N2CCC[C@H]2c2cccs2)c2ccccc21. The molecule has 130 valence electrons. The highest BCUT2D eigenvalue weighted by Gasteiger charge is 2.32. The number of fused-ring (bicyclic) bond motifs is 1. The van der Waals surface area contributed by atoms with Crippen LogP contribution in [0, 0.1) is 0 Å². The minimum Gasteiger partial charge on any atom is -0.383 e. The topological polar surface area (TPSA) is 34.5 Å². The summed E-state index contributed by atoms with van der Waals surface area (Å²) in [7, 11) is 1.70. The predicted molar refractivity (Wildman–Crippen MR) is 101 cm³/mol. The molecule has 1 aliphatic rings. The Morgan fingerprint density at radius 1 is 1.28 bits per heavy atom. The maximum absolute atomic E-state index is 13.3. The van der Waals surface area contributed by atoms with E-state index in [0.29, 0.717) is 6.61 Å². The van der Waals surface area contributed by atoms with Crippen LogP contribution in [-0.2, 0) is 11.3 Å². The number of nitrogens with zero attached hydrogens (tertiary/aromatic N) is 2. The average Bonchev–Trinajstić information content (AvgIpc) is 3.38. The smallest absolute Gasteiger partial charge is 0.256 e. The minimum absolute atomic E-state index is 0.142. The standard InChI is InChI=1S/C20H22N2O2S/c1-24-12-11-21-14-16(15-6-2-3-7-17(15)21)20(23)22-10-4-8-18(22)19-9-5-13-25-19/h2-3,5-7,9,13-14,18H,4,8,10-12H2,1H3/t18-/m0/s1. The predicted octanol–water partition coefficient (Wildman–Crippen LogP) is 4.33. The Bertz CT molecular complexity index is 869. The van der Waals surface area contributed by atoms with Crippen molar-refractivity contribution in [3.05, 3.63) is 58.4 Å². The molecular formula is C20H22N2O2S. The van der Waals surface area contributed by atoms with E-state index in [2.05, 4.69) is 28.1 Å². The Labute approximate surface area is 151 Å². The molecule has 1 atom stereocenters. The van der Waals surface area contributed by atoms with Crippen molar-refractivity contribution in [2.45, 2.75) is 25.4 Å². The lowest BCUT2D eigenvalue weighted by Gasteiger charge is -2.23. The van der Waals surface area contributed by atoms with Crippen LogP contribution in [0.1, 0.15) is 34.1 Å². The fraction of sp³-hybridized carbons (Fsp3) is 0.350. The van der Waals surface area contributed by atoms with Gasteiger partial charge in [0.25, 0.3) is 5.91 Å². The number of amides is 1. The second-order valence-electron chi connectivity index (χ2n) is 6.42. The van der Waals surface area contributed by atoms with E-state index in [1.807, 2.05) is 29.3 Å². The van der Waals surface area contributed by atoms with Crippen molar-refractivity contribution in [1.82, 2.24) is 9.47 Å². The number of hydrogen-bond acceptors (Lipinski definition) is 3. The number of para-hydroxylation sites is 1. The van der Waals surface area contributed by atoms with Crippen LogP contribution in [0.3, 0.4) is 0 Å². The molecular weight excluding hydrogens is 332 g/mol. The Hall–Kier alpha value is -2.11. The number of likely N-dealkylation sites (tertiary alicyclic amines) is 1. The number of ether oxygens (including phenoxy) is 1. The van der Waals surface area contributed by atoms with Gasteiger partial charge in [-0.05, 0) is 30.4 Å². The first-order valence-electron chi connectivity index (χ1n) is 8.71. The molecule has 0 unspecified atom stereocenters. The normalized spacial score (nSPS) is 17.5. The lowest BCUT2D eigenvalue weighted by Crippen LogP contribution is -2.30. The summed E-state index contributed by atoms with van der Waals surface area (Å²) < 4.78 is 7.34. The van der Waals surface area contributed by atoms with Gasteiger partial charge in [-0.3, -0.25) is 4.79 Å². The lowest BCUT2D eigenvalue weighted by atomic mass is 10.1. The molecule has 1 aliphatic heterocycles. The van der Waals surface area contributed by atoms with Gasteiger partial charge in [-0.15, -0.1) is 11.3 Å². The fourth-order valence-corrected chi connectivity index (χ4v) is 4.61. The van der Waals surface area contributed by atoms with E-state index in [0.717, 1.165) is 42.4 Å². The number of thiophene rings is 1. The van der Waals surface area contributed by atoms with E-state index in [-0.39, 0.29) is 11.9 Å². The van der Waals surface area contributed by atoms with Gasteiger partial charge in [0.1, 0.15) is 0 Å². The average molecular weight is 354 g/mol. The second-order valence-corrected chi connectivity index (χ2v) is 7.40. The van der Waals surface area contributed by atoms with E-state index in [1.54, 1.807) is 18.4 Å². The molecule has 0 spiro atoms. The fourth-order valence-electron chi connectivity index (χ4n) is 3.73. The van der Waals surface area contributed by atoms with Gasteiger partial charge in [0.2, 0.25) is 0 Å². The first kappa shape index (κ1) is 16.4. The van der Waals surface area contributed by atoms with Crippen LogP contribution in [-0.4, -0.2) is 35.6 Å². The number of rotatable bonds is 5. The van der Waals surface area contributed by atoms with Crippen LogP contribution >= 0.6 is 11.3 Å². The van der Waals surface area contributed by atoms with Crippen molar-refractivity contribution in [2.24, 2.45) is 0 Å². The molecule has 0 bridgehead atoms. The summed E-state index contributed by atoms with van der Waals surface area (Å²) in [4.78, 5) is 16.7. The Morgan fingerprint density at radius 2 is 2.16 bits per heavy atom. The van der Waals surface area contributed by atoms with Crippen molar-refractivity contribution in [1.29, 1.82) is 0 Å². The van der Waals surface area contributed by atoms with Crippen LogP contribution in [0.4, 0.5) is 0 Å². The van der Waals surface area contributed by atoms with Crippen LogP contribution in [0.2, 0.25) is 0 Å². The second kappa shape index (κ2) is 7.02. The highest BCUT2D eigenvalue weighted by Crippen LogP contribution is 2.36. The molecule has 1 aromatic carbocycles. The molecule has 3 heterocycles. The van der Waals surface area contributed by atoms with Gasteiger partial charge in [-0.1, -0.05) is 24.3 Å². The Morgan fingerprint density at radius 3 is 2.96 bits per heavy atom. The Kier molecular flexibility index (Phi) is 4.59. The molecule has 0 N–H and O–H groups in total. The quantitative estimate of drug-likeness (QED) is 0.684. The summed E-state index contributed by atoms with van der Waals surface area (Å²) in [5.74, 6) is 0.142. The van der Waals surface area contributed by atoms with Gasteiger partial charge < -0.3 is 14.2 Å². The molecule has 0 radical (unpaired) electrons. The van der Waals surface area contributed by atoms with Gasteiger partial charge in [0.15, 0.2) is 0 Å². The number of hydrogen-bond donors (Lipinski definition) is 0. The molecule has 1 amide bonds. The zero-order valence-electron chi connectivity index (χ0n) is 14.4. The van der Waals surface area contributed by atoms with Crippen molar-refractivity contribution in [2.75, 3.05) is 20.3 Å². The van der Waals surface area contributed by atoms with E-state index < -0.39 is 0 Å². The highest BCUT2D eigenvalue weighted by atomic mass is 32.1. The molecule has 4 rings (SSSR count). The van der Waals surface area contributed by atoms with Gasteiger partial charge in [0.05, 0.1) is 18.2 Å². The van der Waals surface area contributed by atoms with Crippen LogP contribution in [0.25, 0.3) is 10.9 Å². The lowest BCUT2D eigenvalue weighted by molar-refractivity contribution is 0.0739. The van der Waals surface area contributed by atoms with E-state index in [9.17, 15) is 4.79 Å². The van der Waals surface area contributed by atoms with E-state index in [1.165, 1.54) is 4.88 Å². The number of methoxy groups -OCH3 is 1. The summed E-state index contributed by atoms with van der Waals surface area (Å²) in [6.45, 7) is 2.21. The number of carbonyl (C=O) groups excluding carboxylic acids is 1. The van der Waals surface area contributed by atoms with Crippen LogP contribution < -0.4 is 0 Å². The summed E-state index contributed by atoms with van der Waals surface area (Å²) >= 11 is 1.74. The maximum atomic E-state index is 13.3. The minimum atomic E-state index is 0.142. The molecule has 1 fully saturated rings. The number of benzene rings is 1. The third-order valence-electron chi connectivity index (χ3n) is 4.94. The first-order chi connectivity index (χ1) is 12.3. The Balaban J connectivity index is 1.70. The van der Waals surface area contributed by atoms with Gasteiger partial charge >= 0.3 is 0 Å². The summed E-state index contributed by atoms with van der Waals surface area (Å²) in [5.41, 5.74) is 1.89. The van der Waals surface area contributed by atoms with Crippen molar-refractivity contribution in [3.8, 4) is 0 Å². The molecule has 4 nitrogen and oxygen atoms in total. The zero-order valence-corrected chi connectivity index (χ0v) is 15.2. The van der Waals surface area contributed by atoms with Gasteiger partial charge in [-0.25, -0.2) is 0 Å². The summed E-state index contributed by atoms with van der Waals surface area (Å²) in [6.07, 6.45) is 4.11. The highest BCUT2D eigenvalue weighted by molar-refractivity contribution is 7.10. The van der Waals surface area contributed by atoms with Gasteiger partial charge in [0, 0.05) is 42.2 Å². The van der Waals surface area contributed by atoms with E-state index >= 15 is 0 Å². The summed E-state index contributed by atoms with van der Waals surface area (Å²) in [6, 6.07) is 12.6. The van der Waals surface area contributed by atoms with Crippen LogP contribution in [0.5, 0.6) is 0 Å².